The molecule has 1 aromatic carbocycles. The molecule has 1 nitrogen and oxygen atoms in total. The molecular formula is C9H5ClF3N. The summed E-state index contributed by atoms with van der Waals surface area (Å²) < 4.78 is 37.4. The number of benzene rings is 1. The van der Waals surface area contributed by atoms with Gasteiger partial charge in [-0.2, -0.15) is 13.2 Å². The van der Waals surface area contributed by atoms with E-state index >= 15 is 0 Å². The second-order valence-electron chi connectivity index (χ2n) is 2.86. The first kappa shape index (κ1) is 9.40. The fraction of sp³-hybridized carbons (Fsp3) is 0.111. The Kier molecular flexibility index (Phi) is 1.96. The number of halogens is 4. The highest BCUT2D eigenvalue weighted by molar-refractivity contribution is 6.35. The van der Waals surface area contributed by atoms with Crippen LogP contribution in [0.5, 0.6) is 0 Å². The molecule has 0 aliphatic carbocycles. The summed E-state index contributed by atoms with van der Waals surface area (Å²) in [5, 5.41) is 0.688. The molecule has 2 aromatic rings. The molecule has 0 fully saturated rings. The van der Waals surface area contributed by atoms with Gasteiger partial charge in [0, 0.05) is 11.6 Å². The first-order chi connectivity index (χ1) is 6.50. The number of hydrogen-bond donors (Lipinski definition) is 1. The van der Waals surface area contributed by atoms with E-state index in [0.717, 1.165) is 6.07 Å². The van der Waals surface area contributed by atoms with Gasteiger partial charge in [0.1, 0.15) is 0 Å². The average molecular weight is 220 g/mol. The molecule has 5 heteroatoms. The molecule has 0 aliphatic heterocycles. The summed E-state index contributed by atoms with van der Waals surface area (Å²) in [6, 6.07) is 3.91. The summed E-state index contributed by atoms with van der Waals surface area (Å²) in [7, 11) is 0. The Labute approximate surface area is 82.5 Å². The first-order valence-electron chi connectivity index (χ1n) is 3.83. The van der Waals surface area contributed by atoms with E-state index in [1.165, 1.54) is 12.3 Å². The van der Waals surface area contributed by atoms with Crippen LogP contribution in [0.2, 0.25) is 5.02 Å². The summed E-state index contributed by atoms with van der Waals surface area (Å²) in [5.74, 6) is 0. The van der Waals surface area contributed by atoms with Crippen molar-refractivity contribution in [2.24, 2.45) is 0 Å². The number of nitrogens with one attached hydrogen (secondary N) is 1. The van der Waals surface area contributed by atoms with Crippen molar-refractivity contribution in [1.82, 2.24) is 4.98 Å². The number of hydrogen-bond acceptors (Lipinski definition) is 0. The smallest absolute Gasteiger partial charge is 0.359 e. The fourth-order valence-electron chi connectivity index (χ4n) is 1.36. The van der Waals surface area contributed by atoms with Crippen molar-refractivity contribution < 1.29 is 13.2 Å². The highest BCUT2D eigenvalue weighted by Gasteiger charge is 2.33. The first-order valence-corrected chi connectivity index (χ1v) is 4.21. The molecular weight excluding hydrogens is 215 g/mol. The van der Waals surface area contributed by atoms with Gasteiger partial charge in [-0.1, -0.05) is 23.7 Å². The minimum absolute atomic E-state index is 0.0324. The summed E-state index contributed by atoms with van der Waals surface area (Å²) in [6.45, 7) is 0. The highest BCUT2D eigenvalue weighted by atomic mass is 35.5. The molecule has 0 unspecified atom stereocenters. The lowest BCUT2D eigenvalue weighted by Crippen LogP contribution is -2.05. The number of alkyl halides is 3. The van der Waals surface area contributed by atoms with Crippen molar-refractivity contribution in [2.75, 3.05) is 0 Å². The number of para-hydroxylation sites is 1. The molecule has 0 radical (unpaired) electrons. The lowest BCUT2D eigenvalue weighted by molar-refractivity contribution is -0.136. The summed E-state index contributed by atoms with van der Waals surface area (Å²) in [5.41, 5.74) is -0.660. The molecule has 0 saturated carbocycles. The van der Waals surface area contributed by atoms with Crippen LogP contribution < -0.4 is 0 Å². The molecule has 1 aromatic heterocycles. The summed E-state index contributed by atoms with van der Waals surface area (Å²) in [4.78, 5) is 2.51. The standard InChI is InChI=1S/C9H5ClF3N/c10-7-4-14-8-5(7)2-1-3-6(8)9(11,12)13/h1-4,14H. The van der Waals surface area contributed by atoms with Crippen LogP contribution in [-0.2, 0) is 6.18 Å². The normalized spacial score (nSPS) is 12.3. The van der Waals surface area contributed by atoms with Gasteiger partial charge in [-0.05, 0) is 6.07 Å². The molecule has 14 heavy (non-hydrogen) atoms. The van der Waals surface area contributed by atoms with E-state index in [2.05, 4.69) is 4.98 Å². The molecule has 0 bridgehead atoms. The zero-order chi connectivity index (χ0) is 10.3. The average Bonchev–Trinajstić information content (AvgIpc) is 2.46. The highest BCUT2D eigenvalue weighted by Crippen LogP contribution is 2.35. The van der Waals surface area contributed by atoms with Crippen LogP contribution in [0.1, 0.15) is 5.56 Å². The number of H-pyrrole nitrogens is 1. The van der Waals surface area contributed by atoms with E-state index in [0.29, 0.717) is 10.4 Å². The van der Waals surface area contributed by atoms with Crippen molar-refractivity contribution >= 4 is 22.5 Å². The van der Waals surface area contributed by atoms with E-state index < -0.39 is 11.7 Å². The van der Waals surface area contributed by atoms with Gasteiger partial charge in [-0.15, -0.1) is 0 Å². The van der Waals surface area contributed by atoms with Crippen molar-refractivity contribution in [1.29, 1.82) is 0 Å². The van der Waals surface area contributed by atoms with Gasteiger partial charge in [-0.25, -0.2) is 0 Å². The van der Waals surface area contributed by atoms with Crippen LogP contribution in [0.4, 0.5) is 13.2 Å². The Hall–Kier alpha value is -1.16. The minimum Gasteiger partial charge on any atom is -0.359 e. The number of aromatic nitrogens is 1. The monoisotopic (exact) mass is 219 g/mol. The molecule has 2 rings (SSSR count). The van der Waals surface area contributed by atoms with E-state index in [1.807, 2.05) is 0 Å². The molecule has 74 valence electrons. The van der Waals surface area contributed by atoms with Crippen LogP contribution in [0.15, 0.2) is 24.4 Å². The van der Waals surface area contributed by atoms with Crippen molar-refractivity contribution in [3.63, 3.8) is 0 Å². The van der Waals surface area contributed by atoms with Gasteiger partial charge in [0.25, 0.3) is 0 Å². The quantitative estimate of drug-likeness (QED) is 0.693. The van der Waals surface area contributed by atoms with E-state index in [-0.39, 0.29) is 5.52 Å². The van der Waals surface area contributed by atoms with Gasteiger partial charge in [0.2, 0.25) is 0 Å². The molecule has 0 saturated heterocycles. The van der Waals surface area contributed by atoms with Crippen molar-refractivity contribution in [3.8, 4) is 0 Å². The Morgan fingerprint density at radius 1 is 1.21 bits per heavy atom. The van der Waals surface area contributed by atoms with E-state index in [9.17, 15) is 13.2 Å². The van der Waals surface area contributed by atoms with Crippen LogP contribution in [-0.4, -0.2) is 4.98 Å². The van der Waals surface area contributed by atoms with Gasteiger partial charge >= 0.3 is 6.18 Å². The Bertz CT molecular complexity index is 472. The molecule has 0 amide bonds. The molecule has 0 aliphatic rings. The predicted molar refractivity (Wildman–Crippen MR) is 48.3 cm³/mol. The van der Waals surface area contributed by atoms with Gasteiger partial charge in [0.15, 0.2) is 0 Å². The number of aromatic amines is 1. The zero-order valence-electron chi connectivity index (χ0n) is 6.82. The maximum atomic E-state index is 12.5. The maximum Gasteiger partial charge on any atom is 0.418 e. The lowest BCUT2D eigenvalue weighted by atomic mass is 10.1. The van der Waals surface area contributed by atoms with E-state index in [1.54, 1.807) is 6.07 Å². The van der Waals surface area contributed by atoms with Gasteiger partial charge < -0.3 is 4.98 Å². The minimum atomic E-state index is -4.35. The Morgan fingerprint density at radius 3 is 2.57 bits per heavy atom. The number of fused-ring (bicyclic) bond motifs is 1. The third-order valence-corrected chi connectivity index (χ3v) is 2.28. The van der Waals surface area contributed by atoms with Gasteiger partial charge in [-0.3, -0.25) is 0 Å². The third kappa shape index (κ3) is 1.35. The van der Waals surface area contributed by atoms with Gasteiger partial charge in [0.05, 0.1) is 16.1 Å². The van der Waals surface area contributed by atoms with Crippen LogP contribution >= 0.6 is 11.6 Å². The van der Waals surface area contributed by atoms with Crippen molar-refractivity contribution in [3.05, 3.63) is 35.0 Å². The largest absolute Gasteiger partial charge is 0.418 e. The second kappa shape index (κ2) is 2.92. The molecule has 1 N–H and O–H groups in total. The van der Waals surface area contributed by atoms with Crippen molar-refractivity contribution in [2.45, 2.75) is 6.18 Å². The zero-order valence-corrected chi connectivity index (χ0v) is 7.58. The summed E-state index contributed by atoms with van der Waals surface area (Å²) in [6.07, 6.45) is -3.00. The molecule has 0 atom stereocenters. The molecule has 0 spiro atoms. The van der Waals surface area contributed by atoms with Crippen LogP contribution in [0.3, 0.4) is 0 Å². The predicted octanol–water partition coefficient (Wildman–Crippen LogP) is 3.84. The second-order valence-corrected chi connectivity index (χ2v) is 3.27. The Morgan fingerprint density at radius 2 is 1.93 bits per heavy atom. The summed E-state index contributed by atoms with van der Waals surface area (Å²) >= 11 is 5.70. The SMILES string of the molecule is FC(F)(F)c1cccc2c(Cl)c[nH]c12. The van der Waals surface area contributed by atoms with Crippen LogP contribution in [0, 0.1) is 0 Å². The maximum absolute atomic E-state index is 12.5. The number of rotatable bonds is 0. The Balaban J connectivity index is 2.79. The fourth-order valence-corrected chi connectivity index (χ4v) is 1.57. The lowest BCUT2D eigenvalue weighted by Gasteiger charge is -2.07. The topological polar surface area (TPSA) is 15.8 Å². The van der Waals surface area contributed by atoms with Crippen LogP contribution in [0.25, 0.3) is 10.9 Å². The van der Waals surface area contributed by atoms with E-state index in [4.69, 9.17) is 11.6 Å². The third-order valence-electron chi connectivity index (χ3n) is 1.97. The molecule has 1 heterocycles.